The molecule has 0 unspecified atom stereocenters. The highest BCUT2D eigenvalue weighted by molar-refractivity contribution is 7.92. The van der Waals surface area contributed by atoms with Gasteiger partial charge in [-0.15, -0.1) is 0 Å². The molecule has 3 aromatic rings. The molecule has 0 saturated heterocycles. The third-order valence-electron chi connectivity index (χ3n) is 4.11. The Kier molecular flexibility index (Phi) is 6.63. The van der Waals surface area contributed by atoms with Crippen LogP contribution in [0.15, 0.2) is 66.9 Å². The first kappa shape index (κ1) is 21.3. The van der Waals surface area contributed by atoms with Crippen LogP contribution in [0.3, 0.4) is 0 Å². The summed E-state index contributed by atoms with van der Waals surface area (Å²) < 4.78 is 44.7. The molecule has 3 rings (SSSR count). The summed E-state index contributed by atoms with van der Waals surface area (Å²) in [5.41, 5.74) is 1.15. The van der Waals surface area contributed by atoms with E-state index >= 15 is 0 Å². The molecule has 1 amide bonds. The van der Waals surface area contributed by atoms with Crippen LogP contribution in [-0.4, -0.2) is 25.1 Å². The van der Waals surface area contributed by atoms with Gasteiger partial charge in [-0.3, -0.25) is 9.52 Å². The largest absolute Gasteiger partial charge is 0.439 e. The molecule has 9 heteroatoms. The molecule has 0 spiro atoms. The van der Waals surface area contributed by atoms with E-state index in [0.717, 1.165) is 5.56 Å². The summed E-state index contributed by atoms with van der Waals surface area (Å²) in [5.74, 6) is -0.168. The number of para-hydroxylation sites is 1. The number of pyridine rings is 1. The van der Waals surface area contributed by atoms with Crippen LogP contribution in [0.5, 0.6) is 11.6 Å². The number of halogens is 1. The number of nitrogens with zero attached hydrogens (tertiary/aromatic N) is 1. The average Bonchev–Trinajstić information content (AvgIpc) is 2.74. The number of hydrogen-bond donors (Lipinski definition) is 2. The third-order valence-corrected chi connectivity index (χ3v) is 5.40. The van der Waals surface area contributed by atoms with Crippen molar-refractivity contribution < 1.29 is 22.3 Å². The van der Waals surface area contributed by atoms with Crippen molar-refractivity contribution in [1.82, 2.24) is 10.3 Å². The molecular weight excluding hydrogens is 409 g/mol. The lowest BCUT2D eigenvalue weighted by Gasteiger charge is -2.12. The Morgan fingerprint density at radius 1 is 1.10 bits per heavy atom. The summed E-state index contributed by atoms with van der Waals surface area (Å²) in [4.78, 5) is 16.7. The van der Waals surface area contributed by atoms with E-state index in [1.54, 1.807) is 30.3 Å². The Balaban J connectivity index is 1.67. The van der Waals surface area contributed by atoms with Gasteiger partial charge in [-0.25, -0.2) is 17.8 Å². The summed E-state index contributed by atoms with van der Waals surface area (Å²) in [6, 6.07) is 15.3. The molecule has 1 heterocycles. The second-order valence-corrected chi connectivity index (χ2v) is 8.30. The number of carbonyl (C=O) groups is 1. The van der Waals surface area contributed by atoms with Crippen LogP contribution in [0.1, 0.15) is 22.8 Å². The van der Waals surface area contributed by atoms with E-state index in [-0.39, 0.29) is 29.4 Å². The molecule has 1 aromatic heterocycles. The van der Waals surface area contributed by atoms with Gasteiger partial charge < -0.3 is 10.1 Å². The second-order valence-electron chi connectivity index (χ2n) is 6.29. The number of carbonyl (C=O) groups excluding carboxylic acids is 1. The first-order valence-electron chi connectivity index (χ1n) is 9.12. The zero-order valence-corrected chi connectivity index (χ0v) is 16.9. The van der Waals surface area contributed by atoms with Gasteiger partial charge in [0.05, 0.1) is 17.0 Å². The Hall–Kier alpha value is -3.46. The zero-order chi connectivity index (χ0) is 21.6. The lowest BCUT2D eigenvalue weighted by molar-refractivity contribution is 0.0951. The maximum Gasteiger partial charge on any atom is 0.253 e. The smallest absolute Gasteiger partial charge is 0.253 e. The fourth-order valence-corrected chi connectivity index (χ4v) is 3.18. The van der Waals surface area contributed by atoms with Crippen molar-refractivity contribution in [2.24, 2.45) is 0 Å². The molecule has 0 saturated carbocycles. The lowest BCUT2D eigenvalue weighted by Crippen LogP contribution is -2.25. The van der Waals surface area contributed by atoms with Gasteiger partial charge in [-0.2, -0.15) is 0 Å². The van der Waals surface area contributed by atoms with E-state index < -0.39 is 15.9 Å². The van der Waals surface area contributed by atoms with E-state index in [1.807, 2.05) is 0 Å². The highest BCUT2D eigenvalue weighted by Crippen LogP contribution is 2.21. The van der Waals surface area contributed by atoms with Crippen molar-refractivity contribution in [2.45, 2.75) is 13.5 Å². The summed E-state index contributed by atoms with van der Waals surface area (Å²) in [6.45, 7) is 1.69. The molecular formula is C21H20FN3O4S. The number of aromatic nitrogens is 1. The Bertz CT molecular complexity index is 1130. The predicted octanol–water partition coefficient (Wildman–Crippen LogP) is 3.70. The maximum atomic E-state index is 13.0. The molecule has 0 aliphatic heterocycles. The first-order valence-corrected chi connectivity index (χ1v) is 10.8. The molecule has 0 aliphatic carbocycles. The molecule has 156 valence electrons. The normalized spacial score (nSPS) is 11.0. The molecule has 2 N–H and O–H groups in total. The van der Waals surface area contributed by atoms with E-state index in [4.69, 9.17) is 4.74 Å². The highest BCUT2D eigenvalue weighted by atomic mass is 32.2. The third kappa shape index (κ3) is 5.77. The minimum atomic E-state index is -3.51. The fraction of sp³-hybridized carbons (Fsp3) is 0.143. The molecule has 2 aromatic carbocycles. The zero-order valence-electron chi connectivity index (χ0n) is 16.1. The van der Waals surface area contributed by atoms with Gasteiger partial charge in [-0.1, -0.05) is 12.1 Å². The van der Waals surface area contributed by atoms with Gasteiger partial charge in [-0.05, 0) is 55.0 Å². The Labute approximate surface area is 174 Å². The molecule has 7 nitrogen and oxygen atoms in total. The number of hydrogen-bond acceptors (Lipinski definition) is 5. The molecule has 0 aliphatic rings. The van der Waals surface area contributed by atoms with Crippen LogP contribution in [0.2, 0.25) is 0 Å². The van der Waals surface area contributed by atoms with Crippen molar-refractivity contribution in [3.05, 3.63) is 83.8 Å². The first-order chi connectivity index (χ1) is 14.4. The topological polar surface area (TPSA) is 97.4 Å². The predicted molar refractivity (Wildman–Crippen MR) is 111 cm³/mol. The van der Waals surface area contributed by atoms with E-state index in [9.17, 15) is 17.6 Å². The molecule has 0 radical (unpaired) electrons. The number of amides is 1. The van der Waals surface area contributed by atoms with E-state index in [0.29, 0.717) is 11.6 Å². The van der Waals surface area contributed by atoms with Gasteiger partial charge in [0.2, 0.25) is 15.9 Å². The van der Waals surface area contributed by atoms with Gasteiger partial charge in [0.25, 0.3) is 5.91 Å². The number of ether oxygens (including phenoxy) is 1. The lowest BCUT2D eigenvalue weighted by atomic mass is 10.1. The molecule has 0 fully saturated rings. The summed E-state index contributed by atoms with van der Waals surface area (Å²) >= 11 is 0. The minimum Gasteiger partial charge on any atom is -0.439 e. The van der Waals surface area contributed by atoms with Crippen LogP contribution >= 0.6 is 0 Å². The molecule has 30 heavy (non-hydrogen) atoms. The van der Waals surface area contributed by atoms with Gasteiger partial charge in [0.15, 0.2) is 0 Å². The van der Waals surface area contributed by atoms with Crippen molar-refractivity contribution in [2.75, 3.05) is 10.5 Å². The van der Waals surface area contributed by atoms with E-state index in [1.165, 1.54) is 43.5 Å². The van der Waals surface area contributed by atoms with E-state index in [2.05, 4.69) is 15.0 Å². The van der Waals surface area contributed by atoms with Gasteiger partial charge in [0.1, 0.15) is 11.6 Å². The highest BCUT2D eigenvalue weighted by Gasteiger charge is 2.15. The monoisotopic (exact) mass is 429 g/mol. The SMILES string of the molecule is CCS(=O)(=O)Nc1ccccc1C(=O)NCc1ccnc(Oc2ccc(F)cc2)c1. The Morgan fingerprint density at radius 2 is 1.83 bits per heavy atom. The van der Waals surface area contributed by atoms with Crippen molar-refractivity contribution in [3.63, 3.8) is 0 Å². The van der Waals surface area contributed by atoms with Gasteiger partial charge >= 0.3 is 0 Å². The number of benzene rings is 2. The second kappa shape index (κ2) is 9.36. The number of sulfonamides is 1. The summed E-state index contributed by atoms with van der Waals surface area (Å²) in [5, 5.41) is 2.75. The van der Waals surface area contributed by atoms with Crippen molar-refractivity contribution >= 4 is 21.6 Å². The summed E-state index contributed by atoms with van der Waals surface area (Å²) in [7, 11) is -3.51. The fourth-order valence-electron chi connectivity index (χ4n) is 2.53. The number of anilines is 1. The quantitative estimate of drug-likeness (QED) is 0.569. The maximum absolute atomic E-state index is 13.0. The molecule has 0 bridgehead atoms. The van der Waals surface area contributed by atoms with Crippen LogP contribution in [0.25, 0.3) is 0 Å². The van der Waals surface area contributed by atoms with Crippen LogP contribution in [0.4, 0.5) is 10.1 Å². The number of nitrogens with one attached hydrogen (secondary N) is 2. The minimum absolute atomic E-state index is 0.100. The number of rotatable bonds is 8. The van der Waals surface area contributed by atoms with Crippen LogP contribution in [0, 0.1) is 5.82 Å². The van der Waals surface area contributed by atoms with Gasteiger partial charge in [0, 0.05) is 18.8 Å². The molecule has 0 atom stereocenters. The van der Waals surface area contributed by atoms with Crippen LogP contribution in [-0.2, 0) is 16.6 Å². The van der Waals surface area contributed by atoms with Crippen LogP contribution < -0.4 is 14.8 Å². The summed E-state index contributed by atoms with van der Waals surface area (Å²) in [6.07, 6.45) is 1.53. The Morgan fingerprint density at radius 3 is 2.57 bits per heavy atom. The van der Waals surface area contributed by atoms with Crippen molar-refractivity contribution in [1.29, 1.82) is 0 Å². The standard InChI is InChI=1S/C21H20FN3O4S/c1-2-30(27,28)25-19-6-4-3-5-18(19)21(26)24-14-15-11-12-23-20(13-15)29-17-9-7-16(22)8-10-17/h3-13,25H,2,14H2,1H3,(H,24,26). The van der Waals surface area contributed by atoms with Crippen molar-refractivity contribution in [3.8, 4) is 11.6 Å². The average molecular weight is 429 g/mol.